The first kappa shape index (κ1) is 73.1. The molecular formula is C66H88FN15O12. The topological polar surface area (TPSA) is 422 Å². The predicted octanol–water partition coefficient (Wildman–Crippen LogP) is -0.834. The molecule has 6 rings (SSSR count). The molecule has 506 valence electrons. The van der Waals surface area contributed by atoms with Crippen LogP contribution in [0.15, 0.2) is 114 Å². The van der Waals surface area contributed by atoms with Gasteiger partial charge in [-0.2, -0.15) is 0 Å². The summed E-state index contributed by atoms with van der Waals surface area (Å²) < 4.78 is 14.4. The van der Waals surface area contributed by atoms with Crippen molar-refractivity contribution in [3.8, 4) is 5.75 Å². The van der Waals surface area contributed by atoms with E-state index in [2.05, 4.69) is 58.2 Å². The van der Waals surface area contributed by atoms with Crippen LogP contribution in [0.1, 0.15) is 94.4 Å². The Labute approximate surface area is 545 Å². The number of nitrogens with one attached hydrogen (secondary N) is 10. The Morgan fingerprint density at radius 2 is 1.05 bits per heavy atom. The number of phenolic OH excluding ortho intramolecular Hbond substituents is 1. The molecule has 4 aromatic rings. The van der Waals surface area contributed by atoms with Crippen LogP contribution in [0.25, 0.3) is 0 Å². The van der Waals surface area contributed by atoms with Gasteiger partial charge in [0.05, 0.1) is 13.0 Å². The lowest BCUT2D eigenvalue weighted by Crippen LogP contribution is -2.61. The second-order valence-corrected chi connectivity index (χ2v) is 23.6. The van der Waals surface area contributed by atoms with Gasteiger partial charge < -0.3 is 80.4 Å². The second-order valence-electron chi connectivity index (χ2n) is 23.6. The quantitative estimate of drug-likeness (QED) is 0.0292. The Balaban J connectivity index is 1.45. The normalized spacial score (nSPS) is 22.7. The van der Waals surface area contributed by atoms with E-state index in [1.165, 1.54) is 53.4 Å². The lowest BCUT2D eigenvalue weighted by atomic mass is 9.99. The fourth-order valence-electron chi connectivity index (χ4n) is 10.8. The third-order valence-corrected chi connectivity index (χ3v) is 15.8. The highest BCUT2D eigenvalue weighted by Crippen LogP contribution is 2.22. The van der Waals surface area contributed by atoms with Gasteiger partial charge in [-0.3, -0.25) is 57.7 Å². The molecule has 0 aromatic heterocycles. The van der Waals surface area contributed by atoms with Crippen LogP contribution in [-0.2, 0) is 78.4 Å². The number of hydrogen-bond donors (Lipinski definition) is 14. The molecule has 94 heavy (non-hydrogen) atoms. The summed E-state index contributed by atoms with van der Waals surface area (Å²) in [6.45, 7) is 4.49. The average Bonchev–Trinajstić information content (AvgIpc) is 1.70. The van der Waals surface area contributed by atoms with Gasteiger partial charge in [0.15, 0.2) is 5.96 Å². The zero-order valence-corrected chi connectivity index (χ0v) is 53.1. The summed E-state index contributed by atoms with van der Waals surface area (Å²) in [4.78, 5) is 165. The number of aromatic hydroxyl groups is 1. The standard InChI is InChI=1S/C66H88FN15O12/c1-4-30-71-54(84)37-51-57(86)73-38-55(85)74-48(34-43-23-27-45(83)28-24-43)62(91)81-56(39(2)3)64(93)76-46(18-11-29-68)58(87)77-49(35-42-21-25-44(67)26-22-42)61(90)80-52(36-41-16-9-6-10-17-41)65(94)82-32-13-20-53(82)63(92)79-50(33-40-14-7-5-8-15-40)60(89)75-47(59(88)78-51)19-12-31-72-66(69)70/h5-10,14-17,21-28,39,46-53,56,83H,4,11-13,18-20,29-38,68H2,1-3H3,(H,71,84)(H,73,86)(H,74,85)(H,75,89)(H,76,93)(H,77,87)(H,78,88)(H,79,92)(H,80,90)(H,81,91)(H4,69,70,72)/t46-,47+,48-,49-,50+,51+,52+,53-,56-/m0/s1. The summed E-state index contributed by atoms with van der Waals surface area (Å²) in [5.41, 5.74) is 19.2. The van der Waals surface area contributed by atoms with Crippen molar-refractivity contribution in [3.63, 3.8) is 0 Å². The van der Waals surface area contributed by atoms with Gasteiger partial charge in [0.25, 0.3) is 0 Å². The van der Waals surface area contributed by atoms with E-state index < -0.39 is 144 Å². The van der Waals surface area contributed by atoms with Crippen LogP contribution in [0.3, 0.4) is 0 Å². The van der Waals surface area contributed by atoms with Gasteiger partial charge in [0, 0.05) is 45.3 Å². The molecule has 2 fully saturated rings. The van der Waals surface area contributed by atoms with E-state index in [4.69, 9.17) is 17.2 Å². The number of amides is 11. The van der Waals surface area contributed by atoms with Gasteiger partial charge in [-0.05, 0) is 104 Å². The largest absolute Gasteiger partial charge is 0.508 e. The first-order chi connectivity index (χ1) is 45.0. The number of nitrogens with zero attached hydrogens (tertiary/aromatic N) is 2. The van der Waals surface area contributed by atoms with E-state index in [1.54, 1.807) is 81.4 Å². The molecule has 0 bridgehead atoms. The Morgan fingerprint density at radius 1 is 0.585 bits per heavy atom. The van der Waals surface area contributed by atoms with Crippen molar-refractivity contribution >= 4 is 70.9 Å². The molecule has 28 heteroatoms. The Kier molecular flexibility index (Phi) is 28.7. The van der Waals surface area contributed by atoms with E-state index in [1.807, 2.05) is 0 Å². The van der Waals surface area contributed by atoms with Gasteiger partial charge in [0.1, 0.15) is 65.9 Å². The van der Waals surface area contributed by atoms with Crippen molar-refractivity contribution < 1.29 is 62.2 Å². The maximum absolute atomic E-state index is 15.2. The van der Waals surface area contributed by atoms with E-state index in [0.29, 0.717) is 35.1 Å². The second kappa shape index (κ2) is 36.9. The highest BCUT2D eigenvalue weighted by Gasteiger charge is 2.41. The molecule has 27 nitrogen and oxygen atoms in total. The summed E-state index contributed by atoms with van der Waals surface area (Å²) in [6, 6.07) is 15.2. The predicted molar refractivity (Wildman–Crippen MR) is 346 cm³/mol. The number of guanidine groups is 1. The zero-order chi connectivity index (χ0) is 68.3. The lowest BCUT2D eigenvalue weighted by Gasteiger charge is -2.31. The molecule has 2 aliphatic rings. The van der Waals surface area contributed by atoms with Crippen molar-refractivity contribution in [2.24, 2.45) is 28.1 Å². The molecule has 0 radical (unpaired) electrons. The van der Waals surface area contributed by atoms with Gasteiger partial charge in [-0.1, -0.05) is 106 Å². The summed E-state index contributed by atoms with van der Waals surface area (Å²) in [5.74, 6) is -11.0. The maximum atomic E-state index is 15.2. The van der Waals surface area contributed by atoms with Gasteiger partial charge in [0.2, 0.25) is 65.0 Å². The third kappa shape index (κ3) is 23.3. The molecule has 4 aromatic carbocycles. The van der Waals surface area contributed by atoms with E-state index in [9.17, 15) is 52.6 Å². The number of carbonyl (C=O) groups is 11. The fraction of sp³-hybridized carbons (Fsp3) is 0.455. The van der Waals surface area contributed by atoms with Crippen molar-refractivity contribution in [2.75, 3.05) is 32.7 Å². The monoisotopic (exact) mass is 1300 g/mol. The number of phenols is 1. The van der Waals surface area contributed by atoms with E-state index in [-0.39, 0.29) is 95.7 Å². The van der Waals surface area contributed by atoms with E-state index in [0.717, 1.165) is 0 Å². The minimum atomic E-state index is -1.69. The first-order valence-corrected chi connectivity index (χ1v) is 31.6. The maximum Gasteiger partial charge on any atom is 0.246 e. The number of hydrogen-bond acceptors (Lipinski definition) is 14. The van der Waals surface area contributed by atoms with Crippen LogP contribution in [0.2, 0.25) is 0 Å². The van der Waals surface area contributed by atoms with Crippen LogP contribution in [0, 0.1) is 11.7 Å². The van der Waals surface area contributed by atoms with Gasteiger partial charge in [-0.25, -0.2) is 4.39 Å². The smallest absolute Gasteiger partial charge is 0.246 e. The molecule has 0 saturated carbocycles. The summed E-state index contributed by atoms with van der Waals surface area (Å²) in [7, 11) is 0. The summed E-state index contributed by atoms with van der Waals surface area (Å²) >= 11 is 0. The van der Waals surface area contributed by atoms with Crippen LogP contribution in [-0.4, -0.2) is 168 Å². The molecule has 0 spiro atoms. The van der Waals surface area contributed by atoms with Crippen LogP contribution in [0.5, 0.6) is 5.75 Å². The van der Waals surface area contributed by atoms with Gasteiger partial charge >= 0.3 is 0 Å². The van der Waals surface area contributed by atoms with Gasteiger partial charge in [-0.15, -0.1) is 0 Å². The van der Waals surface area contributed by atoms with Crippen molar-refractivity contribution in [2.45, 2.75) is 152 Å². The zero-order valence-electron chi connectivity index (χ0n) is 53.1. The van der Waals surface area contributed by atoms with Crippen molar-refractivity contribution in [1.29, 1.82) is 0 Å². The highest BCUT2D eigenvalue weighted by molar-refractivity contribution is 6.00. The SMILES string of the molecule is CCCNC(=O)C[C@H]1NC(=O)[C@@H](CCCN=C(N)N)NC(=O)[C@@H](Cc2ccccc2)NC(=O)[C@@H]2CCCN2C(=O)[C@@H](Cc2ccccc2)NC(=O)[C@H](Cc2ccc(F)cc2)NC(=O)[C@H](CCCN)NC(=O)[C@H](C(C)C)NC(=O)[C@H](Cc2ccc(O)cc2)NC(=O)CNC1=O. The Morgan fingerprint density at radius 3 is 1.61 bits per heavy atom. The minimum absolute atomic E-state index is 0.0157. The number of halogens is 1. The molecular weight excluding hydrogens is 1210 g/mol. The number of fused-ring (bicyclic) bond motifs is 1. The molecule has 0 unspecified atom stereocenters. The molecule has 2 saturated heterocycles. The molecule has 11 amide bonds. The fourth-order valence-corrected chi connectivity index (χ4v) is 10.8. The minimum Gasteiger partial charge on any atom is -0.508 e. The van der Waals surface area contributed by atoms with E-state index >= 15 is 9.59 Å². The number of benzene rings is 4. The molecule has 9 atom stereocenters. The van der Waals surface area contributed by atoms with Crippen LogP contribution < -0.4 is 70.4 Å². The summed E-state index contributed by atoms with van der Waals surface area (Å²) in [5, 5.41) is 36.8. The molecule has 2 heterocycles. The molecule has 17 N–H and O–H groups in total. The van der Waals surface area contributed by atoms with Crippen molar-refractivity contribution in [1.82, 2.24) is 58.1 Å². The molecule has 2 aliphatic heterocycles. The Hall–Kier alpha value is -9.99. The van der Waals surface area contributed by atoms with Crippen molar-refractivity contribution in [3.05, 3.63) is 137 Å². The first-order valence-electron chi connectivity index (χ1n) is 31.6. The van der Waals surface area contributed by atoms with Crippen LogP contribution in [0.4, 0.5) is 4.39 Å². The van der Waals surface area contributed by atoms with Crippen LogP contribution >= 0.6 is 0 Å². The number of nitrogens with two attached hydrogens (primary N) is 3. The summed E-state index contributed by atoms with van der Waals surface area (Å²) in [6.07, 6.45) is -0.386. The third-order valence-electron chi connectivity index (χ3n) is 15.8. The molecule has 0 aliphatic carbocycles. The number of aliphatic imine (C=N–C) groups is 1. The number of rotatable bonds is 20. The Bertz CT molecular complexity index is 3270. The lowest BCUT2D eigenvalue weighted by molar-refractivity contribution is -0.142. The average molecular weight is 1300 g/mol. The number of carbonyl (C=O) groups excluding carboxylic acids is 11. The highest BCUT2D eigenvalue weighted by atomic mass is 19.1.